The number of rotatable bonds is 6. The molecule has 0 spiro atoms. The molecule has 3 aromatic rings. The normalized spacial score (nSPS) is 11.3. The molecule has 0 aliphatic heterocycles. The van der Waals surface area contributed by atoms with Crippen LogP contribution in [0.4, 0.5) is 0 Å². The fourth-order valence-corrected chi connectivity index (χ4v) is 3.45. The first-order valence-corrected chi connectivity index (χ1v) is 9.06. The van der Waals surface area contributed by atoms with Gasteiger partial charge in [-0.2, -0.15) is 0 Å². The Balaban J connectivity index is 1.73. The minimum Gasteiger partial charge on any atom is -0.463 e. The van der Waals surface area contributed by atoms with E-state index in [1.807, 2.05) is 35.0 Å². The molecule has 0 saturated heterocycles. The molecule has 3 rings (SSSR count). The summed E-state index contributed by atoms with van der Waals surface area (Å²) in [6.07, 6.45) is 1.81. The standard InChI is InChI=1S/C18H14O5S2/c1-21-18(20)15-7-6-12(23-15)11-22-17(19)14(16-5-3-9-25-16)10-13-4-2-8-24-13/h2-10H,11H2,1H3/b14-10+. The van der Waals surface area contributed by atoms with Crippen molar-refractivity contribution in [2.75, 3.05) is 7.11 Å². The quantitative estimate of drug-likeness (QED) is 0.470. The van der Waals surface area contributed by atoms with Crippen molar-refractivity contribution >= 4 is 46.3 Å². The van der Waals surface area contributed by atoms with Crippen molar-refractivity contribution in [1.82, 2.24) is 0 Å². The van der Waals surface area contributed by atoms with Crippen LogP contribution in [0, 0.1) is 0 Å². The Morgan fingerprint density at radius 2 is 1.92 bits per heavy atom. The van der Waals surface area contributed by atoms with Gasteiger partial charge in [0.25, 0.3) is 0 Å². The number of hydrogen-bond acceptors (Lipinski definition) is 7. The molecule has 25 heavy (non-hydrogen) atoms. The van der Waals surface area contributed by atoms with E-state index in [0.717, 1.165) is 9.75 Å². The van der Waals surface area contributed by atoms with E-state index in [1.54, 1.807) is 12.1 Å². The Hall–Kier alpha value is -2.64. The number of methoxy groups -OCH3 is 1. The van der Waals surface area contributed by atoms with Gasteiger partial charge in [-0.3, -0.25) is 0 Å². The third kappa shape index (κ3) is 4.26. The Morgan fingerprint density at radius 1 is 1.12 bits per heavy atom. The molecule has 0 aromatic carbocycles. The zero-order chi connectivity index (χ0) is 17.6. The molecule has 3 aromatic heterocycles. The lowest BCUT2D eigenvalue weighted by atomic mass is 10.2. The molecule has 3 heterocycles. The molecular formula is C18H14O5S2. The van der Waals surface area contributed by atoms with Crippen LogP contribution >= 0.6 is 22.7 Å². The van der Waals surface area contributed by atoms with Crippen molar-refractivity contribution in [1.29, 1.82) is 0 Å². The maximum absolute atomic E-state index is 12.5. The summed E-state index contributed by atoms with van der Waals surface area (Å²) in [6.45, 7) is -0.0665. The summed E-state index contributed by atoms with van der Waals surface area (Å²) in [6, 6.07) is 10.7. The van der Waals surface area contributed by atoms with Crippen LogP contribution in [0.15, 0.2) is 51.6 Å². The number of thiophene rings is 2. The molecule has 128 valence electrons. The molecule has 0 aliphatic rings. The first-order valence-electron chi connectivity index (χ1n) is 7.30. The second kappa shape index (κ2) is 7.96. The van der Waals surface area contributed by atoms with Crippen molar-refractivity contribution in [2.45, 2.75) is 6.61 Å². The summed E-state index contributed by atoms with van der Waals surface area (Å²) in [7, 11) is 1.27. The molecular weight excluding hydrogens is 360 g/mol. The molecule has 0 atom stereocenters. The maximum Gasteiger partial charge on any atom is 0.373 e. The Morgan fingerprint density at radius 3 is 2.60 bits per heavy atom. The topological polar surface area (TPSA) is 65.7 Å². The van der Waals surface area contributed by atoms with Crippen LogP contribution in [0.3, 0.4) is 0 Å². The summed E-state index contributed by atoms with van der Waals surface area (Å²) in [5.41, 5.74) is 0.484. The SMILES string of the molecule is COC(=O)c1ccc(COC(=O)/C(=C/c2cccs2)c2cccs2)o1. The minimum absolute atomic E-state index is 0.0665. The van der Waals surface area contributed by atoms with Gasteiger partial charge in [0.05, 0.1) is 12.7 Å². The molecule has 0 bridgehead atoms. The van der Waals surface area contributed by atoms with Crippen LogP contribution in [0.25, 0.3) is 11.6 Å². The maximum atomic E-state index is 12.5. The molecule has 0 N–H and O–H groups in total. The van der Waals surface area contributed by atoms with Crippen molar-refractivity contribution in [2.24, 2.45) is 0 Å². The van der Waals surface area contributed by atoms with Crippen molar-refractivity contribution in [3.63, 3.8) is 0 Å². The average Bonchev–Trinajstić information content (AvgIpc) is 3.39. The van der Waals surface area contributed by atoms with Gasteiger partial charge in [-0.05, 0) is 41.1 Å². The highest BCUT2D eigenvalue weighted by molar-refractivity contribution is 7.12. The third-order valence-electron chi connectivity index (χ3n) is 3.23. The zero-order valence-corrected chi connectivity index (χ0v) is 14.9. The molecule has 0 fully saturated rings. The largest absolute Gasteiger partial charge is 0.463 e. The second-order valence-corrected chi connectivity index (χ2v) is 6.81. The monoisotopic (exact) mass is 374 g/mol. The van der Waals surface area contributed by atoms with Gasteiger partial charge in [0.15, 0.2) is 0 Å². The van der Waals surface area contributed by atoms with Crippen molar-refractivity contribution in [3.8, 4) is 0 Å². The predicted octanol–water partition coefficient (Wildman–Crippen LogP) is 4.47. The van der Waals surface area contributed by atoms with Gasteiger partial charge in [0, 0.05) is 9.75 Å². The minimum atomic E-state index is -0.575. The highest BCUT2D eigenvalue weighted by Crippen LogP contribution is 2.26. The predicted molar refractivity (Wildman–Crippen MR) is 96.4 cm³/mol. The summed E-state index contributed by atoms with van der Waals surface area (Å²) in [4.78, 5) is 25.7. The summed E-state index contributed by atoms with van der Waals surface area (Å²) in [5, 5.41) is 3.85. The van der Waals surface area contributed by atoms with Crippen LogP contribution in [0.2, 0.25) is 0 Å². The van der Waals surface area contributed by atoms with Crippen LogP contribution in [0.1, 0.15) is 26.1 Å². The second-order valence-electron chi connectivity index (χ2n) is 4.88. The van der Waals surface area contributed by atoms with E-state index in [2.05, 4.69) is 4.74 Å². The summed E-state index contributed by atoms with van der Waals surface area (Å²) >= 11 is 3.00. The first kappa shape index (κ1) is 17.2. The van der Waals surface area contributed by atoms with Gasteiger partial charge in [-0.25, -0.2) is 9.59 Å². The summed E-state index contributed by atoms with van der Waals surface area (Å²) < 4.78 is 15.2. The average molecular weight is 374 g/mol. The molecule has 0 aliphatic carbocycles. The number of esters is 2. The van der Waals surface area contributed by atoms with E-state index in [1.165, 1.54) is 35.8 Å². The van der Waals surface area contributed by atoms with Crippen molar-refractivity contribution < 1.29 is 23.5 Å². The zero-order valence-electron chi connectivity index (χ0n) is 13.3. The number of carbonyl (C=O) groups excluding carboxylic acids is 2. The fraction of sp³-hybridized carbons (Fsp3) is 0.111. The highest BCUT2D eigenvalue weighted by atomic mass is 32.1. The highest BCUT2D eigenvalue weighted by Gasteiger charge is 2.17. The van der Waals surface area contributed by atoms with Crippen LogP contribution in [-0.4, -0.2) is 19.0 Å². The first-order chi connectivity index (χ1) is 12.2. The van der Waals surface area contributed by atoms with Crippen LogP contribution in [-0.2, 0) is 20.9 Å². The molecule has 5 nitrogen and oxygen atoms in total. The number of ether oxygens (including phenoxy) is 2. The van der Waals surface area contributed by atoms with E-state index in [-0.39, 0.29) is 12.4 Å². The molecule has 7 heteroatoms. The molecule has 0 radical (unpaired) electrons. The lowest BCUT2D eigenvalue weighted by molar-refractivity contribution is -0.138. The van der Waals surface area contributed by atoms with Gasteiger partial charge in [-0.15, -0.1) is 22.7 Å². The van der Waals surface area contributed by atoms with E-state index in [9.17, 15) is 9.59 Å². The Bertz CT molecular complexity index is 873. The van der Waals surface area contributed by atoms with E-state index >= 15 is 0 Å². The van der Waals surface area contributed by atoms with E-state index < -0.39 is 11.9 Å². The van der Waals surface area contributed by atoms with Gasteiger partial charge < -0.3 is 13.9 Å². The number of carbonyl (C=O) groups is 2. The van der Waals surface area contributed by atoms with Gasteiger partial charge in [0.1, 0.15) is 12.4 Å². The van der Waals surface area contributed by atoms with E-state index in [4.69, 9.17) is 9.15 Å². The molecule has 0 saturated carbocycles. The smallest absolute Gasteiger partial charge is 0.373 e. The van der Waals surface area contributed by atoms with Crippen LogP contribution in [0.5, 0.6) is 0 Å². The lowest BCUT2D eigenvalue weighted by Crippen LogP contribution is -2.06. The van der Waals surface area contributed by atoms with E-state index in [0.29, 0.717) is 11.3 Å². The van der Waals surface area contributed by atoms with Crippen LogP contribution < -0.4 is 0 Å². The van der Waals surface area contributed by atoms with Gasteiger partial charge in [-0.1, -0.05) is 12.1 Å². The Kier molecular flexibility index (Phi) is 5.47. The van der Waals surface area contributed by atoms with Crippen molar-refractivity contribution in [3.05, 3.63) is 68.4 Å². The fourth-order valence-electron chi connectivity index (χ4n) is 2.06. The molecule has 0 amide bonds. The van der Waals surface area contributed by atoms with Gasteiger partial charge in [0.2, 0.25) is 5.76 Å². The number of furan rings is 1. The number of hydrogen-bond donors (Lipinski definition) is 0. The Labute approximate surface area is 152 Å². The molecule has 0 unspecified atom stereocenters. The third-order valence-corrected chi connectivity index (χ3v) is 4.95. The summed E-state index contributed by atoms with van der Waals surface area (Å²) in [5.74, 6) is -0.585. The van der Waals surface area contributed by atoms with Gasteiger partial charge >= 0.3 is 11.9 Å². The lowest BCUT2D eigenvalue weighted by Gasteiger charge is -2.06.